The molecule has 0 amide bonds. The molecule has 0 heterocycles. The molecule has 42 heavy (non-hydrogen) atoms. The molecule has 0 saturated carbocycles. The van der Waals surface area contributed by atoms with E-state index >= 15 is 0 Å². The maximum Gasteiger partial charge on any atom is 0.234 e. The van der Waals surface area contributed by atoms with Crippen molar-refractivity contribution in [1.29, 1.82) is 0 Å². The minimum atomic E-state index is -1.48. The van der Waals surface area contributed by atoms with Crippen molar-refractivity contribution < 1.29 is 43.3 Å². The van der Waals surface area contributed by atoms with Crippen molar-refractivity contribution in [1.82, 2.24) is 0 Å². The fourth-order valence-corrected chi connectivity index (χ4v) is 4.82. The van der Waals surface area contributed by atoms with Crippen LogP contribution in [-0.4, -0.2) is 59.0 Å². The van der Waals surface area contributed by atoms with Crippen LogP contribution in [0.5, 0.6) is 5.75 Å². The predicted molar refractivity (Wildman–Crippen MR) is 151 cm³/mol. The minimum absolute atomic E-state index is 0.0337. The van der Waals surface area contributed by atoms with E-state index in [4.69, 9.17) is 9.84 Å². The summed E-state index contributed by atoms with van der Waals surface area (Å²) < 4.78 is 18.0. The normalized spacial score (nSPS) is 13.5. The van der Waals surface area contributed by atoms with E-state index in [1.165, 1.54) is 36.4 Å². The van der Waals surface area contributed by atoms with Crippen molar-refractivity contribution in [2.45, 2.75) is 25.7 Å². The van der Waals surface area contributed by atoms with Gasteiger partial charge in [0.25, 0.3) is 0 Å². The molecule has 3 aromatic carbocycles. The van der Waals surface area contributed by atoms with Crippen LogP contribution in [0.25, 0.3) is 5.76 Å². The summed E-state index contributed by atoms with van der Waals surface area (Å²) in [7, 11) is 0. The summed E-state index contributed by atoms with van der Waals surface area (Å²) in [5.74, 6) is -5.33. The number of Topliss-reactive ketones (excluding diaryl/α,β-unsaturated/α-hetero) is 5. The Bertz CT molecular complexity index is 1550. The number of allylic oxidation sites excluding steroid dienone is 1. The Hall–Kier alpha value is -4.76. The van der Waals surface area contributed by atoms with Gasteiger partial charge in [0.1, 0.15) is 24.7 Å². The molecule has 4 rings (SSSR count). The molecule has 1 aliphatic carbocycles. The molecule has 0 aromatic heterocycles. The van der Waals surface area contributed by atoms with E-state index in [1.807, 2.05) is 0 Å². The van der Waals surface area contributed by atoms with Gasteiger partial charge in [-0.25, -0.2) is 0 Å². The lowest BCUT2D eigenvalue weighted by Gasteiger charge is -2.22. The molecule has 0 aliphatic heterocycles. The Balaban J connectivity index is 1.73. The Morgan fingerprint density at radius 3 is 2.17 bits per heavy atom. The maximum absolute atomic E-state index is 14.0. The van der Waals surface area contributed by atoms with Crippen LogP contribution in [-0.2, 0) is 16.0 Å². The molecule has 2 N–H and O–H groups in total. The van der Waals surface area contributed by atoms with Crippen LogP contribution >= 0.6 is 0 Å². The number of aryl methyl sites for hydroxylation is 1. The molecule has 1 aliphatic rings. The zero-order valence-electron chi connectivity index (χ0n) is 22.7. The number of hydrogen-bond donors (Lipinski definition) is 2. The topological polar surface area (TPSA) is 135 Å². The van der Waals surface area contributed by atoms with Crippen molar-refractivity contribution in [3.63, 3.8) is 0 Å². The molecule has 0 spiro atoms. The van der Waals surface area contributed by atoms with Crippen molar-refractivity contribution in [2.75, 3.05) is 19.9 Å². The summed E-state index contributed by atoms with van der Waals surface area (Å²) in [6.45, 7) is -1.55. The SMILES string of the molecule is O=C(CO)COc1ccc(C(=O)C(CC2=C(O)c3ccccc3C(=O)C2=O)C(=O)c2ccccc2CCCCF)cc1. The molecule has 216 valence electrons. The van der Waals surface area contributed by atoms with Crippen LogP contribution in [0.15, 0.2) is 78.4 Å². The summed E-state index contributed by atoms with van der Waals surface area (Å²) in [6.07, 6.45) is 0.657. The first kappa shape index (κ1) is 30.2. The van der Waals surface area contributed by atoms with E-state index in [2.05, 4.69) is 0 Å². The van der Waals surface area contributed by atoms with Gasteiger partial charge in [-0.2, -0.15) is 0 Å². The zero-order chi connectivity index (χ0) is 30.2. The lowest BCUT2D eigenvalue weighted by atomic mass is 9.79. The van der Waals surface area contributed by atoms with Gasteiger partial charge in [0.2, 0.25) is 11.6 Å². The number of carbonyl (C=O) groups excluding carboxylic acids is 5. The second kappa shape index (κ2) is 13.7. The molecule has 1 atom stereocenters. The molecule has 0 saturated heterocycles. The Labute approximate surface area is 241 Å². The van der Waals surface area contributed by atoms with Gasteiger partial charge in [-0.05, 0) is 55.5 Å². The van der Waals surface area contributed by atoms with Crippen LogP contribution in [0.3, 0.4) is 0 Å². The molecular formula is C33H29FO8. The van der Waals surface area contributed by atoms with Gasteiger partial charge in [-0.15, -0.1) is 0 Å². The molecule has 1 unspecified atom stereocenters. The summed E-state index contributed by atoms with van der Waals surface area (Å²) in [6, 6.07) is 18.3. The summed E-state index contributed by atoms with van der Waals surface area (Å²) in [5.41, 5.74) is 0.780. The van der Waals surface area contributed by atoms with Crippen LogP contribution < -0.4 is 4.74 Å². The van der Waals surface area contributed by atoms with E-state index in [-0.39, 0.29) is 40.2 Å². The highest BCUT2D eigenvalue weighted by atomic mass is 19.1. The van der Waals surface area contributed by atoms with Crippen LogP contribution in [0.4, 0.5) is 4.39 Å². The molecule has 3 aromatic rings. The number of carbonyl (C=O) groups is 5. The van der Waals surface area contributed by atoms with Crippen LogP contribution in [0.2, 0.25) is 0 Å². The Morgan fingerprint density at radius 1 is 0.810 bits per heavy atom. The first-order chi connectivity index (χ1) is 20.3. The predicted octanol–water partition coefficient (Wildman–Crippen LogP) is 4.73. The Kier molecular flexibility index (Phi) is 9.88. The number of fused-ring (bicyclic) bond motifs is 1. The van der Waals surface area contributed by atoms with Crippen LogP contribution in [0, 0.1) is 5.92 Å². The number of aliphatic hydroxyl groups excluding tert-OH is 2. The van der Waals surface area contributed by atoms with Crippen LogP contribution in [0.1, 0.15) is 61.5 Å². The maximum atomic E-state index is 14.0. The quantitative estimate of drug-likeness (QED) is 0.123. The van der Waals surface area contributed by atoms with Gasteiger partial charge in [0.05, 0.1) is 12.6 Å². The number of halogens is 1. The van der Waals surface area contributed by atoms with E-state index in [1.54, 1.807) is 36.4 Å². The number of unbranched alkanes of at least 4 members (excludes halogenated alkanes) is 1. The number of aliphatic hydroxyl groups is 2. The van der Waals surface area contributed by atoms with Gasteiger partial charge in [-0.3, -0.25) is 28.4 Å². The largest absolute Gasteiger partial charge is 0.507 e. The zero-order valence-corrected chi connectivity index (χ0v) is 22.7. The standard InChI is InChI=1S/C33H29FO8/c34-16-6-5-8-20-7-1-2-9-24(20)30(38)27(29(37)21-12-14-23(15-13-21)42-19-22(36)18-35)17-28-31(39)25-10-3-4-11-26(25)32(40)33(28)41/h1-4,7,9-15,27,35,39H,5-6,8,16-19H2. The summed E-state index contributed by atoms with van der Waals surface area (Å²) in [5, 5.41) is 19.9. The first-order valence-electron chi connectivity index (χ1n) is 13.4. The van der Waals surface area contributed by atoms with Crippen molar-refractivity contribution in [3.05, 3.63) is 106 Å². The Morgan fingerprint density at radius 2 is 1.48 bits per heavy atom. The number of hydrogen-bond acceptors (Lipinski definition) is 8. The number of rotatable bonds is 14. The molecule has 0 fully saturated rings. The van der Waals surface area contributed by atoms with Gasteiger partial charge in [0.15, 0.2) is 17.3 Å². The highest BCUT2D eigenvalue weighted by Gasteiger charge is 2.38. The second-order valence-electron chi connectivity index (χ2n) is 9.83. The monoisotopic (exact) mass is 572 g/mol. The molecule has 0 bridgehead atoms. The van der Waals surface area contributed by atoms with E-state index in [9.17, 15) is 33.5 Å². The second-order valence-corrected chi connectivity index (χ2v) is 9.83. The fourth-order valence-electron chi connectivity index (χ4n) is 4.82. The third-order valence-corrected chi connectivity index (χ3v) is 7.06. The number of ether oxygens (including phenoxy) is 1. The van der Waals surface area contributed by atoms with Crippen molar-refractivity contribution in [3.8, 4) is 5.75 Å². The molecule has 9 heteroatoms. The van der Waals surface area contributed by atoms with Crippen molar-refractivity contribution >= 4 is 34.7 Å². The third-order valence-electron chi connectivity index (χ3n) is 7.06. The fraction of sp³-hybridized carbons (Fsp3) is 0.242. The number of ketones is 5. The van der Waals surface area contributed by atoms with Gasteiger partial charge in [-0.1, -0.05) is 48.5 Å². The molecule has 0 radical (unpaired) electrons. The van der Waals surface area contributed by atoms with E-state index < -0.39 is 60.3 Å². The highest BCUT2D eigenvalue weighted by Crippen LogP contribution is 2.33. The van der Waals surface area contributed by atoms with Crippen molar-refractivity contribution in [2.24, 2.45) is 5.92 Å². The lowest BCUT2D eigenvalue weighted by molar-refractivity contribution is -0.123. The van der Waals surface area contributed by atoms with E-state index in [0.29, 0.717) is 24.8 Å². The van der Waals surface area contributed by atoms with Gasteiger partial charge in [0, 0.05) is 27.8 Å². The van der Waals surface area contributed by atoms with Gasteiger partial charge < -0.3 is 14.9 Å². The highest BCUT2D eigenvalue weighted by molar-refractivity contribution is 6.52. The summed E-state index contributed by atoms with van der Waals surface area (Å²) >= 11 is 0. The van der Waals surface area contributed by atoms with E-state index in [0.717, 1.165) is 0 Å². The average Bonchev–Trinajstić information content (AvgIpc) is 3.02. The number of benzene rings is 3. The number of alkyl halides is 1. The smallest absolute Gasteiger partial charge is 0.234 e. The van der Waals surface area contributed by atoms with Gasteiger partial charge >= 0.3 is 0 Å². The molecule has 8 nitrogen and oxygen atoms in total. The first-order valence-corrected chi connectivity index (χ1v) is 13.4. The average molecular weight is 573 g/mol. The third kappa shape index (κ3) is 6.58. The summed E-state index contributed by atoms with van der Waals surface area (Å²) in [4.78, 5) is 65.2. The lowest BCUT2D eigenvalue weighted by Crippen LogP contribution is -2.31. The molecular weight excluding hydrogens is 543 g/mol. The minimum Gasteiger partial charge on any atom is -0.507 e.